The highest BCUT2D eigenvalue weighted by Gasteiger charge is 2.32. The Morgan fingerprint density at radius 1 is 1.00 bits per heavy atom. The van der Waals surface area contributed by atoms with E-state index < -0.39 is 0 Å². The molecule has 94 valence electrons. The molecule has 0 aromatic rings. The van der Waals surface area contributed by atoms with Gasteiger partial charge >= 0.3 is 0 Å². The van der Waals surface area contributed by atoms with E-state index >= 15 is 0 Å². The lowest BCUT2D eigenvalue weighted by Gasteiger charge is -2.42. The summed E-state index contributed by atoms with van der Waals surface area (Å²) in [5.74, 6) is 0.772. The van der Waals surface area contributed by atoms with Crippen LogP contribution in [-0.2, 0) is 0 Å². The topological polar surface area (TPSA) is 29.3 Å². The Morgan fingerprint density at radius 3 is 2.56 bits per heavy atom. The highest BCUT2D eigenvalue weighted by molar-refractivity contribution is 4.87. The number of rotatable bonds is 2. The Labute approximate surface area is 101 Å². The Balaban J connectivity index is 2.01. The largest absolute Gasteiger partial charge is 0.330 e. The molecule has 0 aromatic carbocycles. The number of hydrogen-bond acceptors (Lipinski definition) is 2. The van der Waals surface area contributed by atoms with Gasteiger partial charge in [-0.15, -0.1) is 0 Å². The lowest BCUT2D eigenvalue weighted by atomic mass is 9.83. The second-order valence-corrected chi connectivity index (χ2v) is 5.78. The standard InChI is InChI=1S/C14H28N2/c1-12-7-3-2-6-10-16(12)14-9-5-4-8-13(14)11-15/h12-14H,2-11,15H2,1H3. The van der Waals surface area contributed by atoms with Gasteiger partial charge in [0.05, 0.1) is 0 Å². The highest BCUT2D eigenvalue weighted by Crippen LogP contribution is 2.31. The first-order valence-electron chi connectivity index (χ1n) is 7.28. The van der Waals surface area contributed by atoms with Crippen molar-refractivity contribution >= 4 is 0 Å². The zero-order chi connectivity index (χ0) is 11.4. The van der Waals surface area contributed by atoms with Gasteiger partial charge in [-0.25, -0.2) is 0 Å². The second kappa shape index (κ2) is 6.02. The van der Waals surface area contributed by atoms with Crippen molar-refractivity contribution < 1.29 is 0 Å². The molecular weight excluding hydrogens is 196 g/mol. The monoisotopic (exact) mass is 224 g/mol. The molecule has 16 heavy (non-hydrogen) atoms. The van der Waals surface area contributed by atoms with Crippen LogP contribution in [0.3, 0.4) is 0 Å². The van der Waals surface area contributed by atoms with E-state index in [0.717, 1.165) is 24.5 Å². The van der Waals surface area contributed by atoms with Crippen LogP contribution in [0, 0.1) is 5.92 Å². The van der Waals surface area contributed by atoms with Crippen molar-refractivity contribution in [3.63, 3.8) is 0 Å². The zero-order valence-corrected chi connectivity index (χ0v) is 10.8. The van der Waals surface area contributed by atoms with Crippen molar-refractivity contribution in [1.82, 2.24) is 4.90 Å². The molecule has 2 heteroatoms. The maximum Gasteiger partial charge on any atom is 0.0138 e. The van der Waals surface area contributed by atoms with Gasteiger partial charge in [-0.05, 0) is 51.6 Å². The fourth-order valence-corrected chi connectivity index (χ4v) is 3.69. The maximum absolute atomic E-state index is 5.96. The fraction of sp³-hybridized carbons (Fsp3) is 1.00. The van der Waals surface area contributed by atoms with Gasteiger partial charge in [0.2, 0.25) is 0 Å². The minimum atomic E-state index is 0.772. The molecule has 2 aliphatic rings. The van der Waals surface area contributed by atoms with E-state index in [1.54, 1.807) is 0 Å². The van der Waals surface area contributed by atoms with Gasteiger partial charge in [0.1, 0.15) is 0 Å². The molecule has 0 spiro atoms. The molecule has 1 saturated heterocycles. The molecule has 2 fully saturated rings. The van der Waals surface area contributed by atoms with Gasteiger partial charge in [-0.1, -0.05) is 25.7 Å². The van der Waals surface area contributed by atoms with Crippen molar-refractivity contribution in [3.8, 4) is 0 Å². The molecule has 2 nitrogen and oxygen atoms in total. The summed E-state index contributed by atoms with van der Waals surface area (Å²) >= 11 is 0. The summed E-state index contributed by atoms with van der Waals surface area (Å²) in [5.41, 5.74) is 5.96. The number of likely N-dealkylation sites (tertiary alicyclic amines) is 1. The highest BCUT2D eigenvalue weighted by atomic mass is 15.2. The predicted octanol–water partition coefficient (Wildman–Crippen LogP) is 2.77. The lowest BCUT2D eigenvalue weighted by Crippen LogP contribution is -2.48. The molecule has 0 radical (unpaired) electrons. The third-order valence-corrected chi connectivity index (χ3v) is 4.70. The van der Waals surface area contributed by atoms with Crippen molar-refractivity contribution in [2.75, 3.05) is 13.1 Å². The molecule has 1 saturated carbocycles. The quantitative estimate of drug-likeness (QED) is 0.781. The first kappa shape index (κ1) is 12.4. The normalized spacial score (nSPS) is 38.2. The Bertz CT molecular complexity index is 205. The van der Waals surface area contributed by atoms with Gasteiger partial charge in [0, 0.05) is 12.1 Å². The molecule has 2 N–H and O–H groups in total. The third kappa shape index (κ3) is 2.78. The lowest BCUT2D eigenvalue weighted by molar-refractivity contribution is 0.0746. The van der Waals surface area contributed by atoms with Crippen LogP contribution in [0.4, 0.5) is 0 Å². The van der Waals surface area contributed by atoms with Crippen molar-refractivity contribution in [2.45, 2.75) is 70.4 Å². The van der Waals surface area contributed by atoms with Gasteiger partial charge in [0.15, 0.2) is 0 Å². The SMILES string of the molecule is CC1CCCCCN1C1CCCCC1CN. The number of hydrogen-bond donors (Lipinski definition) is 1. The van der Waals surface area contributed by atoms with E-state index in [1.807, 2.05) is 0 Å². The van der Waals surface area contributed by atoms with E-state index in [9.17, 15) is 0 Å². The average molecular weight is 224 g/mol. The molecule has 3 atom stereocenters. The van der Waals surface area contributed by atoms with Crippen LogP contribution in [-0.4, -0.2) is 30.1 Å². The van der Waals surface area contributed by atoms with Crippen molar-refractivity contribution in [2.24, 2.45) is 11.7 Å². The summed E-state index contributed by atoms with van der Waals surface area (Å²) in [7, 11) is 0. The molecular formula is C14H28N2. The average Bonchev–Trinajstić information content (AvgIpc) is 2.54. The Kier molecular flexibility index (Phi) is 4.66. The van der Waals surface area contributed by atoms with Crippen LogP contribution >= 0.6 is 0 Å². The first-order chi connectivity index (χ1) is 7.83. The van der Waals surface area contributed by atoms with Crippen LogP contribution in [0.2, 0.25) is 0 Å². The molecule has 3 unspecified atom stereocenters. The molecule has 1 heterocycles. The predicted molar refractivity (Wildman–Crippen MR) is 69.4 cm³/mol. The molecule has 1 aliphatic heterocycles. The van der Waals surface area contributed by atoms with Gasteiger partial charge in [-0.2, -0.15) is 0 Å². The van der Waals surface area contributed by atoms with Gasteiger partial charge < -0.3 is 5.73 Å². The number of nitrogens with zero attached hydrogens (tertiary/aromatic N) is 1. The summed E-state index contributed by atoms with van der Waals surface area (Å²) in [4.78, 5) is 2.80. The van der Waals surface area contributed by atoms with Crippen LogP contribution in [0.1, 0.15) is 58.3 Å². The van der Waals surface area contributed by atoms with E-state index in [1.165, 1.54) is 57.9 Å². The van der Waals surface area contributed by atoms with Crippen LogP contribution in [0.15, 0.2) is 0 Å². The molecule has 0 bridgehead atoms. The van der Waals surface area contributed by atoms with Crippen LogP contribution in [0.5, 0.6) is 0 Å². The van der Waals surface area contributed by atoms with E-state index in [4.69, 9.17) is 5.73 Å². The van der Waals surface area contributed by atoms with E-state index in [-0.39, 0.29) is 0 Å². The van der Waals surface area contributed by atoms with Crippen molar-refractivity contribution in [3.05, 3.63) is 0 Å². The zero-order valence-electron chi connectivity index (χ0n) is 10.8. The summed E-state index contributed by atoms with van der Waals surface area (Å²) < 4.78 is 0. The first-order valence-corrected chi connectivity index (χ1v) is 7.28. The fourth-order valence-electron chi connectivity index (χ4n) is 3.69. The van der Waals surface area contributed by atoms with E-state index in [2.05, 4.69) is 11.8 Å². The molecule has 0 amide bonds. The third-order valence-electron chi connectivity index (χ3n) is 4.70. The van der Waals surface area contributed by atoms with Gasteiger partial charge in [0.25, 0.3) is 0 Å². The second-order valence-electron chi connectivity index (χ2n) is 5.78. The van der Waals surface area contributed by atoms with Gasteiger partial charge in [-0.3, -0.25) is 4.90 Å². The van der Waals surface area contributed by atoms with Crippen LogP contribution < -0.4 is 5.73 Å². The molecule has 0 aromatic heterocycles. The minimum absolute atomic E-state index is 0.772. The van der Waals surface area contributed by atoms with E-state index in [0.29, 0.717) is 0 Å². The van der Waals surface area contributed by atoms with Crippen LogP contribution in [0.25, 0.3) is 0 Å². The Hall–Kier alpha value is -0.0800. The smallest absolute Gasteiger partial charge is 0.0138 e. The summed E-state index contributed by atoms with van der Waals surface area (Å²) in [6, 6.07) is 1.59. The summed E-state index contributed by atoms with van der Waals surface area (Å²) in [6.45, 7) is 4.64. The van der Waals surface area contributed by atoms with Crippen molar-refractivity contribution in [1.29, 1.82) is 0 Å². The minimum Gasteiger partial charge on any atom is -0.330 e. The summed E-state index contributed by atoms with van der Waals surface area (Å²) in [5, 5.41) is 0. The molecule has 2 rings (SSSR count). The summed E-state index contributed by atoms with van der Waals surface area (Å²) in [6.07, 6.45) is 11.2. The number of nitrogens with two attached hydrogens (primary N) is 1. The molecule has 1 aliphatic carbocycles. The Morgan fingerprint density at radius 2 is 1.75 bits per heavy atom. The maximum atomic E-state index is 5.96.